The Bertz CT molecular complexity index is 3750. The molecular weight excluding hydrogens is 891 g/mol. The van der Waals surface area contributed by atoms with Crippen molar-refractivity contribution in [1.29, 1.82) is 0 Å². The van der Waals surface area contributed by atoms with Crippen molar-refractivity contribution in [2.45, 2.75) is 82.5 Å². The summed E-state index contributed by atoms with van der Waals surface area (Å²) in [7, 11) is 0. The molecule has 0 bridgehead atoms. The highest BCUT2D eigenvalue weighted by Crippen LogP contribution is 2.60. The monoisotopic (exact) mass is 953 g/mol. The van der Waals surface area contributed by atoms with Gasteiger partial charge in [0.15, 0.2) is 0 Å². The highest BCUT2D eigenvalue weighted by atomic mass is 15.1. The van der Waals surface area contributed by atoms with E-state index in [2.05, 4.69) is 297 Å². The fraction of sp³-hybridized carbons (Fsp3) is 0.178. The van der Waals surface area contributed by atoms with Gasteiger partial charge in [-0.15, -0.1) is 0 Å². The minimum absolute atomic E-state index is 0.0303. The maximum atomic E-state index is 2.54. The molecule has 1 heteroatoms. The zero-order valence-electron chi connectivity index (χ0n) is 44.0. The summed E-state index contributed by atoms with van der Waals surface area (Å²) in [5.41, 5.74) is 25.7. The lowest BCUT2D eigenvalue weighted by Gasteiger charge is -2.35. The molecule has 3 aliphatic rings. The Morgan fingerprint density at radius 3 is 1.11 bits per heavy atom. The molecule has 2 atom stereocenters. The second-order valence-electron chi connectivity index (χ2n) is 23.5. The largest absolute Gasteiger partial charge is 0.310 e. The van der Waals surface area contributed by atoms with Crippen LogP contribution in [0.15, 0.2) is 237 Å². The summed E-state index contributed by atoms with van der Waals surface area (Å²) in [6.07, 6.45) is 0. The molecule has 0 saturated carbocycles. The SMILES string of the molecule is CC(C)(C)c1ccc(C2(c3ccc(C(C)(C)C)cc3)c3ccccc3-c3cc(N(c4ccc5c(c4)-c4ccccc4C5(C)c4ccccc4)c4ccc5c(c4)C(C)(c4ccccc4)c4ccccc4-5)ccc32)cc1. The van der Waals surface area contributed by atoms with E-state index < -0.39 is 5.41 Å². The molecule has 0 aromatic heterocycles. The van der Waals surface area contributed by atoms with Gasteiger partial charge in [-0.1, -0.05) is 242 Å². The summed E-state index contributed by atoms with van der Waals surface area (Å²) in [6, 6.07) is 90.4. The van der Waals surface area contributed by atoms with Gasteiger partial charge < -0.3 is 4.90 Å². The molecule has 0 aliphatic heterocycles. The van der Waals surface area contributed by atoms with Crippen molar-refractivity contribution < 1.29 is 0 Å². The van der Waals surface area contributed by atoms with Crippen LogP contribution in [0.25, 0.3) is 33.4 Å². The van der Waals surface area contributed by atoms with Crippen LogP contribution in [0.3, 0.4) is 0 Å². The number of fused-ring (bicyclic) bond motifs is 9. The molecule has 3 aliphatic carbocycles. The highest BCUT2D eigenvalue weighted by molar-refractivity contribution is 5.94. The second-order valence-corrected chi connectivity index (χ2v) is 23.5. The number of anilines is 3. The van der Waals surface area contributed by atoms with E-state index >= 15 is 0 Å². The van der Waals surface area contributed by atoms with Crippen molar-refractivity contribution in [3.05, 3.63) is 303 Å². The number of nitrogens with zero attached hydrogens (tertiary/aromatic N) is 1. The number of rotatable bonds is 7. The first-order valence-electron chi connectivity index (χ1n) is 26.6. The predicted octanol–water partition coefficient (Wildman–Crippen LogP) is 18.8. The quantitative estimate of drug-likeness (QED) is 0.154. The smallest absolute Gasteiger partial charge is 0.0713 e. The third-order valence-corrected chi connectivity index (χ3v) is 17.5. The van der Waals surface area contributed by atoms with Gasteiger partial charge in [0.2, 0.25) is 0 Å². The highest BCUT2D eigenvalue weighted by Gasteiger charge is 2.47. The van der Waals surface area contributed by atoms with Crippen LogP contribution < -0.4 is 4.90 Å². The summed E-state index contributed by atoms with van der Waals surface area (Å²) >= 11 is 0. The Morgan fingerprint density at radius 1 is 0.270 bits per heavy atom. The average Bonchev–Trinajstić information content (AvgIpc) is 3.98. The molecule has 0 heterocycles. The molecule has 0 amide bonds. The lowest BCUT2D eigenvalue weighted by Crippen LogP contribution is -2.29. The molecule has 0 spiro atoms. The molecule has 0 N–H and O–H groups in total. The van der Waals surface area contributed by atoms with E-state index in [0.29, 0.717) is 0 Å². The van der Waals surface area contributed by atoms with Crippen LogP contribution in [0, 0.1) is 0 Å². The van der Waals surface area contributed by atoms with E-state index in [4.69, 9.17) is 0 Å². The van der Waals surface area contributed by atoms with Crippen molar-refractivity contribution in [2.75, 3.05) is 4.90 Å². The third-order valence-electron chi connectivity index (χ3n) is 17.5. The maximum Gasteiger partial charge on any atom is 0.0713 e. The first-order valence-corrected chi connectivity index (χ1v) is 26.6. The van der Waals surface area contributed by atoms with Gasteiger partial charge in [-0.2, -0.15) is 0 Å². The van der Waals surface area contributed by atoms with Gasteiger partial charge >= 0.3 is 0 Å². The Balaban J connectivity index is 1.06. The zero-order chi connectivity index (χ0) is 50.8. The number of benzene rings is 10. The van der Waals surface area contributed by atoms with Crippen LogP contribution in [0.2, 0.25) is 0 Å². The molecule has 1 nitrogen and oxygen atoms in total. The second kappa shape index (κ2) is 16.5. The minimum atomic E-state index is -0.544. The van der Waals surface area contributed by atoms with Crippen LogP contribution in [-0.4, -0.2) is 0 Å². The van der Waals surface area contributed by atoms with Crippen LogP contribution >= 0.6 is 0 Å². The van der Waals surface area contributed by atoms with E-state index in [9.17, 15) is 0 Å². The Labute approximate surface area is 438 Å². The summed E-state index contributed by atoms with van der Waals surface area (Å²) in [5.74, 6) is 0. The molecule has 0 radical (unpaired) electrons. The average molecular weight is 954 g/mol. The van der Waals surface area contributed by atoms with Crippen LogP contribution in [0.5, 0.6) is 0 Å². The molecule has 10 aromatic rings. The molecule has 2 unspecified atom stereocenters. The molecule has 0 saturated heterocycles. The van der Waals surface area contributed by atoms with Gasteiger partial charge in [-0.3, -0.25) is 0 Å². The van der Waals surface area contributed by atoms with Crippen molar-refractivity contribution in [3.63, 3.8) is 0 Å². The van der Waals surface area contributed by atoms with Gasteiger partial charge in [0, 0.05) is 27.9 Å². The fourth-order valence-corrected chi connectivity index (χ4v) is 13.5. The fourth-order valence-electron chi connectivity index (χ4n) is 13.5. The van der Waals surface area contributed by atoms with E-state index in [0.717, 1.165) is 17.1 Å². The van der Waals surface area contributed by atoms with Gasteiger partial charge in [-0.05, 0) is 161 Å². The molecule has 10 aromatic carbocycles. The van der Waals surface area contributed by atoms with Gasteiger partial charge in [-0.25, -0.2) is 0 Å². The molecule has 13 rings (SSSR count). The lowest BCUT2D eigenvalue weighted by molar-refractivity contribution is 0.588. The topological polar surface area (TPSA) is 3.24 Å². The van der Waals surface area contributed by atoms with E-state index in [1.54, 1.807) is 0 Å². The van der Waals surface area contributed by atoms with Gasteiger partial charge in [0.05, 0.1) is 5.41 Å². The predicted molar refractivity (Wildman–Crippen MR) is 311 cm³/mol. The maximum absolute atomic E-state index is 2.54. The van der Waals surface area contributed by atoms with Crippen LogP contribution in [-0.2, 0) is 27.1 Å². The Morgan fingerprint density at radius 2 is 0.608 bits per heavy atom. The molecule has 360 valence electrons. The van der Waals surface area contributed by atoms with Crippen LogP contribution in [0.1, 0.15) is 122 Å². The summed E-state index contributed by atoms with van der Waals surface area (Å²) in [5, 5.41) is 0. The number of hydrogen-bond donors (Lipinski definition) is 0. The molecule has 74 heavy (non-hydrogen) atoms. The lowest BCUT2D eigenvalue weighted by atomic mass is 9.67. The van der Waals surface area contributed by atoms with Crippen molar-refractivity contribution >= 4 is 17.1 Å². The van der Waals surface area contributed by atoms with E-state index in [1.165, 1.54) is 100 Å². The van der Waals surface area contributed by atoms with Crippen LogP contribution in [0.4, 0.5) is 17.1 Å². The normalized spacial score (nSPS) is 17.7. The van der Waals surface area contributed by atoms with Crippen molar-refractivity contribution in [1.82, 2.24) is 0 Å². The summed E-state index contributed by atoms with van der Waals surface area (Å²) in [6.45, 7) is 18.7. The summed E-state index contributed by atoms with van der Waals surface area (Å²) < 4.78 is 0. The third kappa shape index (κ3) is 6.61. The Kier molecular flexibility index (Phi) is 10.2. The first-order chi connectivity index (χ1) is 35.7. The standard InChI is InChI=1S/C73H63N/c1-69(2,3)48-31-35-52(36-32-48)73(53-37-33-49(34-38-53)70(4,5)6)66-30-20-17-27-59(66)62-46-55(41-44-67(62)73)74(54-40-43-65-61(45-54)58-26-16-19-29-64(58)71(65,7)50-21-11-9-12-22-50)56-39-42-60-57-25-15-18-28-63(57)72(8,68(60)47-56)51-23-13-10-14-24-51/h9-47H,1-8H3. The minimum Gasteiger partial charge on any atom is -0.310 e. The zero-order valence-corrected chi connectivity index (χ0v) is 44.0. The van der Waals surface area contributed by atoms with E-state index in [1.807, 2.05) is 0 Å². The van der Waals surface area contributed by atoms with Gasteiger partial charge in [0.25, 0.3) is 0 Å². The van der Waals surface area contributed by atoms with Gasteiger partial charge in [0.1, 0.15) is 0 Å². The van der Waals surface area contributed by atoms with Crippen molar-refractivity contribution in [3.8, 4) is 33.4 Å². The molecule has 0 fully saturated rings. The Hall–Kier alpha value is -8.00. The summed E-state index contributed by atoms with van der Waals surface area (Å²) in [4.78, 5) is 2.54. The van der Waals surface area contributed by atoms with Crippen molar-refractivity contribution in [2.24, 2.45) is 0 Å². The number of hydrogen-bond acceptors (Lipinski definition) is 1. The van der Waals surface area contributed by atoms with E-state index in [-0.39, 0.29) is 21.7 Å². The first kappa shape index (κ1) is 45.8. The molecular formula is C73H63N.